The molecule has 0 unspecified atom stereocenters. The molecule has 4 heteroatoms. The molecule has 0 rings (SSSR count). The molecule has 0 spiro atoms. The molecular weight excluding hydrogens is 223 g/mol. The molecule has 0 aliphatic rings. The third-order valence-corrected chi connectivity index (χ3v) is 3.75. The van der Waals surface area contributed by atoms with Gasteiger partial charge in [0.1, 0.15) is 0 Å². The molecule has 16 heavy (non-hydrogen) atoms. The lowest BCUT2D eigenvalue weighted by Gasteiger charge is -2.09. The summed E-state index contributed by atoms with van der Waals surface area (Å²) < 4.78 is 11.2. The minimum absolute atomic E-state index is 0.344. The summed E-state index contributed by atoms with van der Waals surface area (Å²) in [5, 5.41) is 0.344. The van der Waals surface area contributed by atoms with Crippen LogP contribution in [0, 0.1) is 0 Å². The first-order chi connectivity index (χ1) is 7.52. The van der Waals surface area contributed by atoms with E-state index in [0.29, 0.717) is 11.7 Å². The largest absolute Gasteiger partial charge is 0.351 e. The standard InChI is InChI=1S/C12H25O3P/c1-3-5-7-9-11-12(16(13,14)15)10-8-6-4-2/h11H,3-10H2,1-2H3,(H2,13,14,15)/b12-11-. The third-order valence-electron chi connectivity index (χ3n) is 2.60. The van der Waals surface area contributed by atoms with E-state index in [1.54, 1.807) is 6.08 Å². The minimum atomic E-state index is -4.00. The predicted octanol–water partition coefficient (Wildman–Crippen LogP) is 4.21. The highest BCUT2D eigenvalue weighted by atomic mass is 31.2. The van der Waals surface area contributed by atoms with Crippen LogP contribution in [0.15, 0.2) is 11.4 Å². The Hall–Kier alpha value is -0.110. The van der Waals surface area contributed by atoms with Gasteiger partial charge in [-0.15, -0.1) is 0 Å². The van der Waals surface area contributed by atoms with E-state index in [1.807, 2.05) is 0 Å². The van der Waals surface area contributed by atoms with Crippen LogP contribution in [-0.2, 0) is 4.57 Å². The van der Waals surface area contributed by atoms with Gasteiger partial charge in [-0.2, -0.15) is 0 Å². The number of allylic oxidation sites excluding steroid dienone is 2. The van der Waals surface area contributed by atoms with Gasteiger partial charge in [-0.05, 0) is 25.7 Å². The van der Waals surface area contributed by atoms with Crippen molar-refractivity contribution in [2.45, 2.75) is 65.2 Å². The van der Waals surface area contributed by atoms with Gasteiger partial charge < -0.3 is 9.79 Å². The van der Waals surface area contributed by atoms with Crippen molar-refractivity contribution in [3.05, 3.63) is 11.4 Å². The monoisotopic (exact) mass is 248 g/mol. The van der Waals surface area contributed by atoms with Crippen molar-refractivity contribution in [1.29, 1.82) is 0 Å². The summed E-state index contributed by atoms with van der Waals surface area (Å²) in [6, 6.07) is 0. The lowest BCUT2D eigenvalue weighted by molar-refractivity contribution is 0.379. The van der Waals surface area contributed by atoms with Crippen LogP contribution in [0.1, 0.15) is 65.2 Å². The van der Waals surface area contributed by atoms with Crippen LogP contribution in [0.5, 0.6) is 0 Å². The van der Waals surface area contributed by atoms with Crippen LogP contribution < -0.4 is 0 Å². The molecule has 3 nitrogen and oxygen atoms in total. The molecule has 0 aliphatic heterocycles. The highest BCUT2D eigenvalue weighted by molar-refractivity contribution is 7.56. The molecule has 0 aliphatic carbocycles. The molecule has 0 saturated carbocycles. The minimum Gasteiger partial charge on any atom is -0.321 e. The smallest absolute Gasteiger partial charge is 0.321 e. The van der Waals surface area contributed by atoms with E-state index in [9.17, 15) is 14.4 Å². The first-order valence-corrected chi connectivity index (χ1v) is 7.88. The number of rotatable bonds is 9. The average Bonchev–Trinajstić information content (AvgIpc) is 2.20. The Balaban J connectivity index is 4.15. The van der Waals surface area contributed by atoms with Crippen molar-refractivity contribution in [2.75, 3.05) is 0 Å². The van der Waals surface area contributed by atoms with E-state index in [1.165, 1.54) is 0 Å². The molecule has 0 atom stereocenters. The molecule has 0 aromatic rings. The van der Waals surface area contributed by atoms with E-state index >= 15 is 0 Å². The van der Waals surface area contributed by atoms with Crippen LogP contribution in [0.2, 0.25) is 0 Å². The fourth-order valence-electron chi connectivity index (χ4n) is 1.59. The van der Waals surface area contributed by atoms with Gasteiger partial charge >= 0.3 is 7.60 Å². The molecule has 0 radical (unpaired) electrons. The molecule has 0 heterocycles. The van der Waals surface area contributed by atoms with Crippen molar-refractivity contribution in [2.24, 2.45) is 0 Å². The summed E-state index contributed by atoms with van der Waals surface area (Å²) >= 11 is 0. The maximum Gasteiger partial charge on any atom is 0.351 e. The van der Waals surface area contributed by atoms with Crippen LogP contribution in [0.25, 0.3) is 0 Å². The second-order valence-electron chi connectivity index (χ2n) is 4.19. The zero-order valence-corrected chi connectivity index (χ0v) is 11.4. The predicted molar refractivity (Wildman–Crippen MR) is 68.4 cm³/mol. The zero-order valence-electron chi connectivity index (χ0n) is 10.5. The summed E-state index contributed by atoms with van der Waals surface area (Å²) in [7, 11) is -4.00. The van der Waals surface area contributed by atoms with E-state index in [2.05, 4.69) is 13.8 Å². The molecule has 0 fully saturated rings. The normalized spacial score (nSPS) is 13.1. The SMILES string of the molecule is CCCCC/C=C(/CCCCC)P(=O)(O)O. The van der Waals surface area contributed by atoms with Gasteiger partial charge in [-0.1, -0.05) is 45.6 Å². The van der Waals surface area contributed by atoms with Gasteiger partial charge in [0.15, 0.2) is 0 Å². The van der Waals surface area contributed by atoms with Crippen LogP contribution in [-0.4, -0.2) is 9.79 Å². The fourth-order valence-corrected chi connectivity index (χ4v) is 2.40. The maximum atomic E-state index is 11.2. The molecular formula is C12H25O3P. The van der Waals surface area contributed by atoms with Crippen LogP contribution in [0.4, 0.5) is 0 Å². The first-order valence-electron chi connectivity index (χ1n) is 6.27. The van der Waals surface area contributed by atoms with Gasteiger partial charge in [0.2, 0.25) is 0 Å². The van der Waals surface area contributed by atoms with E-state index in [0.717, 1.165) is 44.9 Å². The number of hydrogen-bond donors (Lipinski definition) is 2. The van der Waals surface area contributed by atoms with E-state index in [-0.39, 0.29) is 0 Å². The highest BCUT2D eigenvalue weighted by Gasteiger charge is 2.19. The quantitative estimate of drug-likeness (QED) is 0.474. The molecule has 2 N–H and O–H groups in total. The Kier molecular flexibility index (Phi) is 8.91. The Morgan fingerprint density at radius 3 is 2.12 bits per heavy atom. The highest BCUT2D eigenvalue weighted by Crippen LogP contribution is 2.47. The third kappa shape index (κ3) is 8.09. The lowest BCUT2D eigenvalue weighted by Crippen LogP contribution is -1.88. The van der Waals surface area contributed by atoms with Gasteiger partial charge in [-0.25, -0.2) is 0 Å². The average molecular weight is 248 g/mol. The van der Waals surface area contributed by atoms with Crippen molar-refractivity contribution in [3.8, 4) is 0 Å². The Bertz CT molecular complexity index is 243. The summed E-state index contributed by atoms with van der Waals surface area (Å²) in [5.41, 5.74) is 0. The van der Waals surface area contributed by atoms with Crippen molar-refractivity contribution >= 4 is 7.60 Å². The second-order valence-corrected chi connectivity index (χ2v) is 5.85. The number of unbranched alkanes of at least 4 members (excludes halogenated alkanes) is 5. The molecule has 0 bridgehead atoms. The van der Waals surface area contributed by atoms with Gasteiger partial charge in [0.25, 0.3) is 0 Å². The Morgan fingerprint density at radius 1 is 1.06 bits per heavy atom. The van der Waals surface area contributed by atoms with Crippen molar-refractivity contribution in [3.63, 3.8) is 0 Å². The summed E-state index contributed by atoms with van der Waals surface area (Å²) in [6.45, 7) is 4.21. The first kappa shape index (κ1) is 15.9. The van der Waals surface area contributed by atoms with E-state index in [4.69, 9.17) is 0 Å². The topological polar surface area (TPSA) is 57.5 Å². The molecule has 0 aromatic carbocycles. The van der Waals surface area contributed by atoms with Gasteiger partial charge in [0.05, 0.1) is 0 Å². The molecule has 0 saturated heterocycles. The van der Waals surface area contributed by atoms with Crippen molar-refractivity contribution < 1.29 is 14.4 Å². The van der Waals surface area contributed by atoms with Crippen molar-refractivity contribution in [1.82, 2.24) is 0 Å². The van der Waals surface area contributed by atoms with Gasteiger partial charge in [0, 0.05) is 5.31 Å². The molecule has 96 valence electrons. The Morgan fingerprint density at radius 2 is 1.62 bits per heavy atom. The van der Waals surface area contributed by atoms with E-state index < -0.39 is 7.60 Å². The summed E-state index contributed by atoms with van der Waals surface area (Å²) in [6.07, 6.45) is 9.36. The molecule has 0 aromatic heterocycles. The van der Waals surface area contributed by atoms with Crippen LogP contribution >= 0.6 is 7.60 Å². The molecule has 0 amide bonds. The van der Waals surface area contributed by atoms with Gasteiger partial charge in [-0.3, -0.25) is 4.57 Å². The van der Waals surface area contributed by atoms with Crippen LogP contribution in [0.3, 0.4) is 0 Å². The maximum absolute atomic E-state index is 11.2. The fraction of sp³-hybridized carbons (Fsp3) is 0.833. The summed E-state index contributed by atoms with van der Waals surface area (Å²) in [5.74, 6) is 0. The summed E-state index contributed by atoms with van der Waals surface area (Å²) in [4.78, 5) is 18.4. The lowest BCUT2D eigenvalue weighted by atomic mass is 10.1. The number of hydrogen-bond acceptors (Lipinski definition) is 1. The Labute approximate surface area is 99.1 Å². The second kappa shape index (κ2) is 8.98. The zero-order chi connectivity index (χ0) is 12.4.